The van der Waals surface area contributed by atoms with E-state index in [1.165, 1.54) is 0 Å². The normalized spacial score (nSPS) is 9.80. The number of nitrogens with one attached hydrogen (secondary N) is 1. The number of carbonyl (C=O) groups excluding carboxylic acids is 2. The predicted molar refractivity (Wildman–Crippen MR) is 55.5 cm³/mol. The highest BCUT2D eigenvalue weighted by molar-refractivity contribution is 6.02. The molecule has 1 N–H and O–H groups in total. The summed E-state index contributed by atoms with van der Waals surface area (Å²) in [6, 6.07) is 8.49. The molecule has 0 saturated carbocycles. The quantitative estimate of drug-likeness (QED) is 0.806. The maximum Gasteiger partial charge on any atom is 0.414 e. The average Bonchev–Trinajstić information content (AvgIpc) is 2.17. The fraction of sp³-hybridized carbons (Fsp3) is 0.273. The maximum absolute atomic E-state index is 11.4. The molecule has 0 fully saturated rings. The number of ether oxygens (including phenoxy) is 1. The van der Waals surface area contributed by atoms with Crippen molar-refractivity contribution in [2.24, 2.45) is 0 Å². The second kappa shape index (κ2) is 5.14. The van der Waals surface area contributed by atoms with E-state index in [4.69, 9.17) is 4.74 Å². The summed E-state index contributed by atoms with van der Waals surface area (Å²) < 4.78 is 4.77. The highest BCUT2D eigenvalue weighted by atomic mass is 16.6. The van der Waals surface area contributed by atoms with Crippen LogP contribution < -0.4 is 5.32 Å². The van der Waals surface area contributed by atoms with Gasteiger partial charge < -0.3 is 4.74 Å². The summed E-state index contributed by atoms with van der Waals surface area (Å²) >= 11 is 0. The minimum absolute atomic E-state index is 0.242. The van der Waals surface area contributed by atoms with Crippen molar-refractivity contribution in [3.63, 3.8) is 0 Å². The molecule has 0 heterocycles. The van der Waals surface area contributed by atoms with Crippen LogP contribution in [0.25, 0.3) is 0 Å². The Hall–Kier alpha value is -1.84. The molecule has 0 unspecified atom stereocenters. The molecule has 0 saturated heterocycles. The molecule has 0 atom stereocenters. The molecule has 4 heteroatoms. The standard InChI is InChI=1S/C11H13NO3/c1-8(2)15-11(14)12-10(13)9-6-4-3-5-7-9/h3-8H,1-2H3,(H,12,13,14). The molecular formula is C11H13NO3. The Morgan fingerprint density at radius 2 is 1.80 bits per heavy atom. The van der Waals surface area contributed by atoms with Crippen molar-refractivity contribution in [1.82, 2.24) is 5.32 Å². The van der Waals surface area contributed by atoms with Crippen molar-refractivity contribution in [2.75, 3.05) is 0 Å². The molecule has 4 nitrogen and oxygen atoms in total. The van der Waals surface area contributed by atoms with Gasteiger partial charge in [0.15, 0.2) is 0 Å². The monoisotopic (exact) mass is 207 g/mol. The topological polar surface area (TPSA) is 55.4 Å². The van der Waals surface area contributed by atoms with E-state index >= 15 is 0 Å². The Bertz CT molecular complexity index is 346. The highest BCUT2D eigenvalue weighted by Gasteiger charge is 2.11. The number of hydrogen-bond acceptors (Lipinski definition) is 3. The molecule has 80 valence electrons. The molecule has 0 bridgehead atoms. The molecule has 1 rings (SSSR count). The molecule has 1 aromatic carbocycles. The van der Waals surface area contributed by atoms with Gasteiger partial charge in [-0.3, -0.25) is 10.1 Å². The van der Waals surface area contributed by atoms with Gasteiger partial charge in [-0.1, -0.05) is 18.2 Å². The summed E-state index contributed by atoms with van der Waals surface area (Å²) in [5.41, 5.74) is 0.429. The van der Waals surface area contributed by atoms with Gasteiger partial charge in [-0.05, 0) is 26.0 Å². The molecule has 0 spiro atoms. The molecule has 15 heavy (non-hydrogen) atoms. The van der Waals surface area contributed by atoms with Crippen molar-refractivity contribution < 1.29 is 14.3 Å². The van der Waals surface area contributed by atoms with Gasteiger partial charge in [-0.25, -0.2) is 4.79 Å². The smallest absolute Gasteiger partial charge is 0.414 e. The average molecular weight is 207 g/mol. The zero-order chi connectivity index (χ0) is 11.3. The molecular weight excluding hydrogens is 194 g/mol. The van der Waals surface area contributed by atoms with Crippen LogP contribution in [0, 0.1) is 0 Å². The van der Waals surface area contributed by atoms with Crippen LogP contribution in [0.15, 0.2) is 30.3 Å². The SMILES string of the molecule is CC(C)OC(=O)NC(=O)c1ccccc1. The van der Waals surface area contributed by atoms with Crippen LogP contribution in [0.3, 0.4) is 0 Å². The Labute approximate surface area is 88.2 Å². The van der Waals surface area contributed by atoms with E-state index in [0.717, 1.165) is 0 Å². The molecule has 0 aliphatic rings. The Kier molecular flexibility index (Phi) is 3.85. The number of alkyl carbamates (subject to hydrolysis) is 1. The van der Waals surface area contributed by atoms with E-state index in [2.05, 4.69) is 5.32 Å². The fourth-order valence-corrected chi connectivity index (χ4v) is 0.998. The first kappa shape index (κ1) is 11.2. The first-order chi connectivity index (χ1) is 7.09. The van der Waals surface area contributed by atoms with E-state index in [9.17, 15) is 9.59 Å². The third kappa shape index (κ3) is 3.81. The van der Waals surface area contributed by atoms with Gasteiger partial charge in [-0.2, -0.15) is 0 Å². The van der Waals surface area contributed by atoms with E-state index in [1.54, 1.807) is 44.2 Å². The molecule has 0 aliphatic heterocycles. The van der Waals surface area contributed by atoms with Gasteiger partial charge in [0.05, 0.1) is 6.10 Å². The molecule has 0 aromatic heterocycles. The lowest BCUT2D eigenvalue weighted by Crippen LogP contribution is -2.32. The lowest BCUT2D eigenvalue weighted by molar-refractivity contribution is 0.0876. The Morgan fingerprint density at radius 3 is 2.33 bits per heavy atom. The van der Waals surface area contributed by atoms with Crippen LogP contribution in [0.5, 0.6) is 0 Å². The number of rotatable bonds is 2. The summed E-state index contributed by atoms with van der Waals surface area (Å²) in [5, 5.41) is 2.13. The zero-order valence-electron chi connectivity index (χ0n) is 8.69. The summed E-state index contributed by atoms with van der Waals surface area (Å²) in [5.74, 6) is -0.457. The van der Waals surface area contributed by atoms with E-state index in [-0.39, 0.29) is 6.10 Å². The number of hydrogen-bond donors (Lipinski definition) is 1. The van der Waals surface area contributed by atoms with Crippen LogP contribution >= 0.6 is 0 Å². The fourth-order valence-electron chi connectivity index (χ4n) is 0.998. The number of amides is 2. The van der Waals surface area contributed by atoms with Crippen molar-refractivity contribution in [3.8, 4) is 0 Å². The second-order valence-electron chi connectivity index (χ2n) is 3.27. The van der Waals surface area contributed by atoms with Gasteiger partial charge in [-0.15, -0.1) is 0 Å². The highest BCUT2D eigenvalue weighted by Crippen LogP contribution is 1.98. The van der Waals surface area contributed by atoms with Crippen LogP contribution in [0.2, 0.25) is 0 Å². The number of carbonyl (C=O) groups is 2. The second-order valence-corrected chi connectivity index (χ2v) is 3.27. The summed E-state index contributed by atoms with van der Waals surface area (Å²) in [6.45, 7) is 3.43. The molecule has 1 aromatic rings. The van der Waals surface area contributed by atoms with Crippen molar-refractivity contribution in [1.29, 1.82) is 0 Å². The van der Waals surface area contributed by atoms with E-state index < -0.39 is 12.0 Å². The van der Waals surface area contributed by atoms with Gasteiger partial charge >= 0.3 is 6.09 Å². The summed E-state index contributed by atoms with van der Waals surface area (Å²) in [6.07, 6.45) is -0.965. The van der Waals surface area contributed by atoms with Crippen molar-refractivity contribution in [2.45, 2.75) is 20.0 Å². The number of imide groups is 1. The van der Waals surface area contributed by atoms with Crippen LogP contribution in [0.1, 0.15) is 24.2 Å². The third-order valence-corrected chi connectivity index (χ3v) is 1.59. The minimum atomic E-state index is -0.723. The van der Waals surface area contributed by atoms with Crippen molar-refractivity contribution in [3.05, 3.63) is 35.9 Å². The van der Waals surface area contributed by atoms with Gasteiger partial charge in [0.1, 0.15) is 0 Å². The van der Waals surface area contributed by atoms with E-state index in [0.29, 0.717) is 5.56 Å². The Morgan fingerprint density at radius 1 is 1.20 bits per heavy atom. The molecule has 0 radical (unpaired) electrons. The minimum Gasteiger partial charge on any atom is -0.447 e. The first-order valence-electron chi connectivity index (χ1n) is 4.66. The lowest BCUT2D eigenvalue weighted by Gasteiger charge is -2.08. The van der Waals surface area contributed by atoms with Crippen LogP contribution in [-0.4, -0.2) is 18.1 Å². The zero-order valence-corrected chi connectivity index (χ0v) is 8.69. The van der Waals surface area contributed by atoms with Gasteiger partial charge in [0.2, 0.25) is 0 Å². The van der Waals surface area contributed by atoms with Gasteiger partial charge in [0, 0.05) is 5.56 Å². The molecule has 2 amide bonds. The Balaban J connectivity index is 2.53. The van der Waals surface area contributed by atoms with Crippen LogP contribution in [-0.2, 0) is 4.74 Å². The number of benzene rings is 1. The van der Waals surface area contributed by atoms with E-state index in [1.807, 2.05) is 0 Å². The maximum atomic E-state index is 11.4. The third-order valence-electron chi connectivity index (χ3n) is 1.59. The van der Waals surface area contributed by atoms with Gasteiger partial charge in [0.25, 0.3) is 5.91 Å². The summed E-state index contributed by atoms with van der Waals surface area (Å²) in [7, 11) is 0. The first-order valence-corrected chi connectivity index (χ1v) is 4.66. The summed E-state index contributed by atoms with van der Waals surface area (Å²) in [4.78, 5) is 22.5. The largest absolute Gasteiger partial charge is 0.447 e. The predicted octanol–water partition coefficient (Wildman–Crippen LogP) is 1.96. The van der Waals surface area contributed by atoms with Crippen molar-refractivity contribution >= 4 is 12.0 Å². The molecule has 0 aliphatic carbocycles. The lowest BCUT2D eigenvalue weighted by atomic mass is 10.2. The van der Waals surface area contributed by atoms with Crippen LogP contribution in [0.4, 0.5) is 4.79 Å².